The standard InChI is InChI=1S/C15H14N4O3S/c1-21-10-6-5-9(8-11(10)22-2)16-15-17-14(20)13(18-19-15)12-4-3-7-23-12/h3-8H,1-2H3,(H2,16,17,19,20). The van der Waals surface area contributed by atoms with Crippen LogP contribution in [0.15, 0.2) is 40.5 Å². The summed E-state index contributed by atoms with van der Waals surface area (Å²) in [7, 11) is 3.12. The monoisotopic (exact) mass is 330 g/mol. The average Bonchev–Trinajstić information content (AvgIpc) is 3.09. The number of nitrogens with one attached hydrogen (secondary N) is 2. The summed E-state index contributed by atoms with van der Waals surface area (Å²) in [5.74, 6) is 1.44. The Morgan fingerprint density at radius 1 is 1.13 bits per heavy atom. The molecule has 2 N–H and O–H groups in total. The third kappa shape index (κ3) is 3.16. The smallest absolute Gasteiger partial charge is 0.280 e. The summed E-state index contributed by atoms with van der Waals surface area (Å²) < 4.78 is 10.4. The maximum absolute atomic E-state index is 12.1. The van der Waals surface area contributed by atoms with Gasteiger partial charge in [-0.1, -0.05) is 6.07 Å². The second-order valence-corrected chi connectivity index (χ2v) is 5.47. The number of thiophene rings is 1. The molecule has 0 bridgehead atoms. The van der Waals surface area contributed by atoms with E-state index in [1.165, 1.54) is 11.3 Å². The Hall–Kier alpha value is -2.87. The molecule has 3 aromatic rings. The molecular weight excluding hydrogens is 316 g/mol. The molecular formula is C15H14N4O3S. The summed E-state index contributed by atoms with van der Waals surface area (Å²) in [6.45, 7) is 0. The fourth-order valence-electron chi connectivity index (χ4n) is 2.02. The minimum atomic E-state index is -0.301. The molecule has 23 heavy (non-hydrogen) atoms. The predicted octanol–water partition coefficient (Wildman–Crippen LogP) is 2.65. The van der Waals surface area contributed by atoms with Gasteiger partial charge in [0, 0.05) is 11.8 Å². The van der Waals surface area contributed by atoms with Crippen LogP contribution in [0, 0.1) is 0 Å². The molecule has 118 valence electrons. The molecule has 0 aliphatic carbocycles. The van der Waals surface area contributed by atoms with Crippen molar-refractivity contribution >= 4 is 23.0 Å². The van der Waals surface area contributed by atoms with E-state index >= 15 is 0 Å². The van der Waals surface area contributed by atoms with Gasteiger partial charge in [0.2, 0.25) is 5.95 Å². The summed E-state index contributed by atoms with van der Waals surface area (Å²) >= 11 is 1.44. The first-order chi connectivity index (χ1) is 11.2. The predicted molar refractivity (Wildman–Crippen MR) is 88.8 cm³/mol. The molecule has 2 heterocycles. The molecule has 1 aromatic carbocycles. The van der Waals surface area contributed by atoms with Crippen LogP contribution in [0.3, 0.4) is 0 Å². The molecule has 0 aliphatic heterocycles. The first-order valence-electron chi connectivity index (χ1n) is 6.71. The molecule has 8 heteroatoms. The van der Waals surface area contributed by atoms with E-state index in [-0.39, 0.29) is 11.5 Å². The van der Waals surface area contributed by atoms with E-state index in [0.29, 0.717) is 22.9 Å². The molecule has 0 spiro atoms. The highest BCUT2D eigenvalue weighted by Gasteiger charge is 2.10. The quantitative estimate of drug-likeness (QED) is 0.747. The van der Waals surface area contributed by atoms with Crippen molar-refractivity contribution in [2.24, 2.45) is 0 Å². The molecule has 0 saturated carbocycles. The largest absolute Gasteiger partial charge is 0.493 e. The molecule has 0 fully saturated rings. The molecule has 3 rings (SSSR count). The first-order valence-corrected chi connectivity index (χ1v) is 7.59. The van der Waals surface area contributed by atoms with E-state index in [2.05, 4.69) is 20.5 Å². The van der Waals surface area contributed by atoms with Gasteiger partial charge in [-0.2, -0.15) is 0 Å². The molecule has 2 aromatic heterocycles. The van der Waals surface area contributed by atoms with Crippen molar-refractivity contribution in [2.75, 3.05) is 19.5 Å². The molecule has 0 unspecified atom stereocenters. The minimum absolute atomic E-state index is 0.252. The van der Waals surface area contributed by atoms with Gasteiger partial charge in [-0.15, -0.1) is 21.5 Å². The van der Waals surface area contributed by atoms with Gasteiger partial charge in [0.1, 0.15) is 0 Å². The first kappa shape index (κ1) is 15.0. The Morgan fingerprint density at radius 3 is 2.61 bits per heavy atom. The fraction of sp³-hybridized carbons (Fsp3) is 0.133. The van der Waals surface area contributed by atoms with Gasteiger partial charge in [-0.3, -0.25) is 9.78 Å². The Morgan fingerprint density at radius 2 is 1.96 bits per heavy atom. The third-order valence-corrected chi connectivity index (χ3v) is 3.97. The van der Waals surface area contributed by atoms with Crippen LogP contribution in [0.4, 0.5) is 11.6 Å². The second kappa shape index (κ2) is 6.49. The number of rotatable bonds is 5. The lowest BCUT2D eigenvalue weighted by atomic mass is 10.3. The Labute approximate surface area is 135 Å². The maximum atomic E-state index is 12.1. The van der Waals surface area contributed by atoms with E-state index in [1.54, 1.807) is 32.4 Å². The minimum Gasteiger partial charge on any atom is -0.493 e. The van der Waals surface area contributed by atoms with Gasteiger partial charge in [-0.25, -0.2) is 0 Å². The van der Waals surface area contributed by atoms with Crippen LogP contribution in [0.25, 0.3) is 10.6 Å². The number of nitrogens with zero attached hydrogens (tertiary/aromatic N) is 2. The van der Waals surface area contributed by atoms with Gasteiger partial charge in [-0.05, 0) is 23.6 Å². The van der Waals surface area contributed by atoms with E-state index < -0.39 is 0 Å². The number of benzene rings is 1. The number of ether oxygens (including phenoxy) is 2. The zero-order valence-corrected chi connectivity index (χ0v) is 13.3. The molecule has 0 amide bonds. The summed E-state index contributed by atoms with van der Waals surface area (Å²) in [6, 6.07) is 8.97. The number of H-pyrrole nitrogens is 1. The highest BCUT2D eigenvalue weighted by molar-refractivity contribution is 7.13. The average molecular weight is 330 g/mol. The van der Waals surface area contributed by atoms with Gasteiger partial charge in [0.15, 0.2) is 17.2 Å². The Bertz CT molecular complexity index is 861. The van der Waals surface area contributed by atoms with Crippen LogP contribution in [0.5, 0.6) is 11.5 Å². The van der Waals surface area contributed by atoms with Crippen LogP contribution in [0.2, 0.25) is 0 Å². The van der Waals surface area contributed by atoms with Crippen LogP contribution in [-0.4, -0.2) is 29.4 Å². The molecule has 0 radical (unpaired) electrons. The maximum Gasteiger partial charge on any atom is 0.280 e. The number of aromatic nitrogens is 3. The lowest BCUT2D eigenvalue weighted by molar-refractivity contribution is 0.355. The topological polar surface area (TPSA) is 89.1 Å². The fourth-order valence-corrected chi connectivity index (χ4v) is 2.72. The van der Waals surface area contributed by atoms with Crippen LogP contribution >= 0.6 is 11.3 Å². The number of hydrogen-bond acceptors (Lipinski definition) is 7. The van der Waals surface area contributed by atoms with Crippen LogP contribution in [-0.2, 0) is 0 Å². The summed E-state index contributed by atoms with van der Waals surface area (Å²) in [6.07, 6.45) is 0. The van der Waals surface area contributed by atoms with E-state index in [0.717, 1.165) is 4.88 Å². The number of hydrogen-bond donors (Lipinski definition) is 2. The zero-order valence-electron chi connectivity index (χ0n) is 12.5. The second-order valence-electron chi connectivity index (χ2n) is 4.52. The normalized spacial score (nSPS) is 10.3. The van der Waals surface area contributed by atoms with Gasteiger partial charge >= 0.3 is 0 Å². The van der Waals surface area contributed by atoms with Gasteiger partial charge < -0.3 is 14.8 Å². The number of anilines is 2. The van der Waals surface area contributed by atoms with Crippen molar-refractivity contribution in [2.45, 2.75) is 0 Å². The molecule has 0 aliphatic rings. The lowest BCUT2D eigenvalue weighted by Gasteiger charge is -2.10. The summed E-state index contributed by atoms with van der Waals surface area (Å²) in [4.78, 5) is 15.6. The van der Waals surface area contributed by atoms with Crippen molar-refractivity contribution in [3.63, 3.8) is 0 Å². The van der Waals surface area contributed by atoms with E-state index in [4.69, 9.17) is 9.47 Å². The van der Waals surface area contributed by atoms with Crippen molar-refractivity contribution in [3.8, 4) is 22.1 Å². The summed E-state index contributed by atoms with van der Waals surface area (Å²) in [5.41, 5.74) is 0.694. The van der Waals surface area contributed by atoms with Crippen molar-refractivity contribution < 1.29 is 9.47 Å². The van der Waals surface area contributed by atoms with Gasteiger partial charge in [0.25, 0.3) is 5.56 Å². The number of methoxy groups -OCH3 is 2. The zero-order chi connectivity index (χ0) is 16.2. The molecule has 0 atom stereocenters. The SMILES string of the molecule is COc1ccc(Nc2nnc(-c3cccs3)c(=O)[nH]2)cc1OC. The Balaban J connectivity index is 1.86. The highest BCUT2D eigenvalue weighted by Crippen LogP contribution is 2.30. The van der Waals surface area contributed by atoms with Crippen molar-refractivity contribution in [1.82, 2.24) is 15.2 Å². The lowest BCUT2D eigenvalue weighted by Crippen LogP contribution is -2.15. The van der Waals surface area contributed by atoms with E-state index in [1.807, 2.05) is 17.5 Å². The third-order valence-electron chi connectivity index (χ3n) is 3.10. The van der Waals surface area contributed by atoms with E-state index in [9.17, 15) is 4.79 Å². The van der Waals surface area contributed by atoms with Crippen molar-refractivity contribution in [3.05, 3.63) is 46.1 Å². The number of aromatic amines is 1. The molecule has 7 nitrogen and oxygen atoms in total. The van der Waals surface area contributed by atoms with Gasteiger partial charge in [0.05, 0.1) is 19.1 Å². The summed E-state index contributed by atoms with van der Waals surface area (Å²) in [5, 5.41) is 12.9. The Kier molecular flexibility index (Phi) is 4.24. The van der Waals surface area contributed by atoms with Crippen molar-refractivity contribution in [1.29, 1.82) is 0 Å². The van der Waals surface area contributed by atoms with Crippen LogP contribution < -0.4 is 20.3 Å². The highest BCUT2D eigenvalue weighted by atomic mass is 32.1. The molecule has 0 saturated heterocycles. The van der Waals surface area contributed by atoms with Crippen LogP contribution in [0.1, 0.15) is 0 Å².